The largest absolute Gasteiger partial charge is 0.326 e. The van der Waals surface area contributed by atoms with Crippen molar-refractivity contribution in [3.8, 4) is 0 Å². The van der Waals surface area contributed by atoms with Crippen molar-refractivity contribution in [1.29, 1.82) is 0 Å². The zero-order valence-corrected chi connectivity index (χ0v) is 16.1. The van der Waals surface area contributed by atoms with Crippen LogP contribution in [0.3, 0.4) is 0 Å². The number of hydrogen-bond acceptors (Lipinski definition) is 2. The Labute approximate surface area is 163 Å². The van der Waals surface area contributed by atoms with Crippen molar-refractivity contribution in [3.63, 3.8) is 0 Å². The van der Waals surface area contributed by atoms with Gasteiger partial charge in [-0.1, -0.05) is 23.2 Å². The molecule has 0 aromatic heterocycles. The Morgan fingerprint density at radius 1 is 1.17 bits per heavy atom. The van der Waals surface area contributed by atoms with Crippen LogP contribution in [0, 0.1) is 9.49 Å². The van der Waals surface area contributed by atoms with E-state index in [4.69, 9.17) is 23.2 Å². The number of anilines is 2. The first kappa shape index (κ1) is 17.5. The van der Waals surface area contributed by atoms with Gasteiger partial charge in [-0.3, -0.25) is 9.59 Å². The highest BCUT2D eigenvalue weighted by atomic mass is 127. The molecule has 2 aromatic carbocycles. The summed E-state index contributed by atoms with van der Waals surface area (Å²) in [6.45, 7) is 0.287. The topological polar surface area (TPSA) is 49.4 Å². The molecule has 124 valence electrons. The van der Waals surface area contributed by atoms with Gasteiger partial charge in [0.2, 0.25) is 11.8 Å². The predicted octanol–water partition coefficient (Wildman–Crippen LogP) is 4.59. The first-order chi connectivity index (χ1) is 11.4. The molecule has 1 aliphatic rings. The number of carbonyl (C=O) groups is 2. The maximum atomic E-state index is 12.4. The highest BCUT2D eigenvalue weighted by molar-refractivity contribution is 14.1. The summed E-state index contributed by atoms with van der Waals surface area (Å²) in [5.74, 6) is -0.737. The van der Waals surface area contributed by atoms with Gasteiger partial charge in [-0.2, -0.15) is 0 Å². The van der Waals surface area contributed by atoms with Gasteiger partial charge in [0.15, 0.2) is 0 Å². The summed E-state index contributed by atoms with van der Waals surface area (Å²) in [5.41, 5.74) is 1.26. The second-order valence-electron chi connectivity index (χ2n) is 5.50. The Hall–Kier alpha value is -1.31. The molecule has 0 bridgehead atoms. The summed E-state index contributed by atoms with van der Waals surface area (Å²) in [6.07, 6.45) is 0.152. The molecule has 4 nitrogen and oxygen atoms in total. The molecule has 0 spiro atoms. The van der Waals surface area contributed by atoms with Crippen LogP contribution >= 0.6 is 45.8 Å². The van der Waals surface area contributed by atoms with Crippen LogP contribution in [0.5, 0.6) is 0 Å². The number of halogens is 3. The number of nitrogens with zero attached hydrogens (tertiary/aromatic N) is 1. The van der Waals surface area contributed by atoms with Gasteiger partial charge in [0, 0.05) is 27.2 Å². The normalized spacial score (nSPS) is 17.2. The third kappa shape index (κ3) is 3.84. The number of hydrogen-bond donors (Lipinski definition) is 1. The monoisotopic (exact) mass is 474 g/mol. The van der Waals surface area contributed by atoms with Crippen molar-refractivity contribution in [2.45, 2.75) is 6.42 Å². The Kier molecular flexibility index (Phi) is 5.32. The second kappa shape index (κ2) is 7.29. The van der Waals surface area contributed by atoms with E-state index in [1.54, 1.807) is 18.2 Å². The van der Waals surface area contributed by atoms with Gasteiger partial charge in [-0.25, -0.2) is 0 Å². The molecule has 1 aliphatic heterocycles. The molecule has 0 saturated carbocycles. The van der Waals surface area contributed by atoms with Crippen LogP contribution in [-0.2, 0) is 9.59 Å². The summed E-state index contributed by atoms with van der Waals surface area (Å²) >= 11 is 14.3. The van der Waals surface area contributed by atoms with Crippen LogP contribution in [0.4, 0.5) is 11.4 Å². The van der Waals surface area contributed by atoms with Crippen LogP contribution in [0.1, 0.15) is 6.42 Å². The molecule has 1 heterocycles. The summed E-state index contributed by atoms with van der Waals surface area (Å²) in [5, 5.41) is 3.78. The molecule has 1 N–H and O–H groups in total. The SMILES string of the molecule is O=C(Nc1ccc(I)cc1)[C@@H]1CC(=O)N(c2cc(Cl)ccc2Cl)C1. The van der Waals surface area contributed by atoms with E-state index in [0.29, 0.717) is 21.4 Å². The van der Waals surface area contributed by atoms with Crippen molar-refractivity contribution in [2.24, 2.45) is 5.92 Å². The number of rotatable bonds is 3. The molecule has 7 heteroatoms. The minimum absolute atomic E-state index is 0.137. The third-order valence-corrected chi connectivity index (χ3v) is 5.08. The van der Waals surface area contributed by atoms with E-state index in [1.807, 2.05) is 24.3 Å². The van der Waals surface area contributed by atoms with E-state index in [1.165, 1.54) is 4.90 Å². The van der Waals surface area contributed by atoms with Gasteiger partial charge in [0.05, 0.1) is 16.6 Å². The first-order valence-electron chi connectivity index (χ1n) is 7.26. The Morgan fingerprint density at radius 3 is 2.58 bits per heavy atom. The Morgan fingerprint density at radius 2 is 1.88 bits per heavy atom. The lowest BCUT2D eigenvalue weighted by atomic mass is 10.1. The molecule has 3 rings (SSSR count). The van der Waals surface area contributed by atoms with Crippen LogP contribution in [0.25, 0.3) is 0 Å². The lowest BCUT2D eigenvalue weighted by Gasteiger charge is -2.18. The number of amides is 2. The van der Waals surface area contributed by atoms with Crippen molar-refractivity contribution in [2.75, 3.05) is 16.8 Å². The third-order valence-electron chi connectivity index (χ3n) is 3.81. The van der Waals surface area contributed by atoms with Gasteiger partial charge in [-0.05, 0) is 65.1 Å². The van der Waals surface area contributed by atoms with Crippen LogP contribution in [-0.4, -0.2) is 18.4 Å². The Bertz CT molecular complexity index is 796. The maximum Gasteiger partial charge on any atom is 0.229 e. The van der Waals surface area contributed by atoms with E-state index in [0.717, 1.165) is 3.57 Å². The first-order valence-corrected chi connectivity index (χ1v) is 9.09. The van der Waals surface area contributed by atoms with Gasteiger partial charge >= 0.3 is 0 Å². The maximum absolute atomic E-state index is 12.4. The number of nitrogens with one attached hydrogen (secondary N) is 1. The number of carbonyl (C=O) groups excluding carboxylic acids is 2. The molecule has 1 atom stereocenters. The molecule has 0 unspecified atom stereocenters. The molecule has 1 fully saturated rings. The zero-order chi connectivity index (χ0) is 17.3. The minimum Gasteiger partial charge on any atom is -0.326 e. The van der Waals surface area contributed by atoms with Gasteiger partial charge < -0.3 is 10.2 Å². The van der Waals surface area contributed by atoms with Gasteiger partial charge in [0.1, 0.15) is 0 Å². The van der Waals surface area contributed by atoms with E-state index >= 15 is 0 Å². The number of benzene rings is 2. The molecular formula is C17H13Cl2IN2O2. The smallest absolute Gasteiger partial charge is 0.229 e. The lowest BCUT2D eigenvalue weighted by Crippen LogP contribution is -2.28. The minimum atomic E-state index is -0.424. The molecular weight excluding hydrogens is 462 g/mol. The molecule has 0 radical (unpaired) electrons. The second-order valence-corrected chi connectivity index (χ2v) is 7.59. The van der Waals surface area contributed by atoms with Gasteiger partial charge in [0.25, 0.3) is 0 Å². The highest BCUT2D eigenvalue weighted by Crippen LogP contribution is 2.33. The van der Waals surface area contributed by atoms with Crippen molar-refractivity contribution < 1.29 is 9.59 Å². The molecule has 0 aliphatic carbocycles. The van der Waals surface area contributed by atoms with Crippen LogP contribution < -0.4 is 10.2 Å². The van der Waals surface area contributed by atoms with E-state index in [-0.39, 0.29) is 24.8 Å². The van der Waals surface area contributed by atoms with E-state index in [2.05, 4.69) is 27.9 Å². The average molecular weight is 475 g/mol. The average Bonchev–Trinajstić information content (AvgIpc) is 2.94. The summed E-state index contributed by atoms with van der Waals surface area (Å²) < 4.78 is 1.09. The van der Waals surface area contributed by atoms with Crippen LogP contribution in [0.2, 0.25) is 10.0 Å². The fraction of sp³-hybridized carbons (Fsp3) is 0.176. The summed E-state index contributed by atoms with van der Waals surface area (Å²) in [6, 6.07) is 12.4. The zero-order valence-electron chi connectivity index (χ0n) is 12.4. The van der Waals surface area contributed by atoms with E-state index < -0.39 is 5.92 Å². The molecule has 24 heavy (non-hydrogen) atoms. The van der Waals surface area contributed by atoms with Crippen molar-refractivity contribution >= 4 is 69.0 Å². The van der Waals surface area contributed by atoms with Crippen molar-refractivity contribution in [1.82, 2.24) is 0 Å². The predicted molar refractivity (Wildman–Crippen MR) is 105 cm³/mol. The summed E-state index contributed by atoms with van der Waals surface area (Å²) in [7, 11) is 0. The fourth-order valence-electron chi connectivity index (χ4n) is 2.59. The summed E-state index contributed by atoms with van der Waals surface area (Å²) in [4.78, 5) is 26.2. The molecule has 1 saturated heterocycles. The standard InChI is InChI=1S/C17H13Cl2IN2O2/c18-11-1-6-14(19)15(8-11)22-9-10(7-16(22)23)17(24)21-13-4-2-12(20)3-5-13/h1-6,8,10H,7,9H2,(H,21,24)/t10-/m1/s1. The quantitative estimate of drug-likeness (QED) is 0.661. The fourth-order valence-corrected chi connectivity index (χ4v) is 3.33. The van der Waals surface area contributed by atoms with Crippen LogP contribution in [0.15, 0.2) is 42.5 Å². The highest BCUT2D eigenvalue weighted by Gasteiger charge is 2.36. The van der Waals surface area contributed by atoms with E-state index in [9.17, 15) is 9.59 Å². The molecule has 2 aromatic rings. The molecule has 2 amide bonds. The van der Waals surface area contributed by atoms with Crippen molar-refractivity contribution in [3.05, 3.63) is 56.1 Å². The lowest BCUT2D eigenvalue weighted by molar-refractivity contribution is -0.122. The Balaban J connectivity index is 1.73. The van der Waals surface area contributed by atoms with Gasteiger partial charge in [-0.15, -0.1) is 0 Å².